The minimum atomic E-state index is 0.399. The van der Waals surface area contributed by atoms with E-state index in [0.29, 0.717) is 17.8 Å². The molecule has 0 amide bonds. The predicted molar refractivity (Wildman–Crippen MR) is 138 cm³/mol. The Kier molecular flexibility index (Phi) is 7.05. The van der Waals surface area contributed by atoms with Gasteiger partial charge in [-0.3, -0.25) is 9.36 Å². The Bertz CT molecular complexity index is 1030. The summed E-state index contributed by atoms with van der Waals surface area (Å²) in [5.74, 6) is 2.88. The van der Waals surface area contributed by atoms with E-state index in [4.69, 9.17) is 5.73 Å². The van der Waals surface area contributed by atoms with Crippen molar-refractivity contribution in [3.63, 3.8) is 0 Å². The molecule has 36 heavy (non-hydrogen) atoms. The Balaban J connectivity index is 1.13. The van der Waals surface area contributed by atoms with Crippen molar-refractivity contribution in [2.45, 2.75) is 103 Å². The van der Waals surface area contributed by atoms with E-state index in [1.54, 1.807) is 0 Å². The maximum atomic E-state index is 6.02. The first-order valence-corrected chi connectivity index (χ1v) is 14.3. The molecule has 3 aliphatic carbocycles. The van der Waals surface area contributed by atoms with Gasteiger partial charge in [-0.25, -0.2) is 4.98 Å². The topological polar surface area (TPSA) is 116 Å². The molecule has 0 unspecified atom stereocenters. The summed E-state index contributed by atoms with van der Waals surface area (Å²) in [6.45, 7) is 1.70. The lowest BCUT2D eigenvalue weighted by Crippen LogP contribution is -2.32. The number of fused-ring (bicyclic) bond motifs is 1. The fraction of sp³-hybridized carbons (Fsp3) is 0.741. The number of hydrogen-bond acceptors (Lipinski definition) is 6. The number of hydrogen-bond donors (Lipinski definition) is 2. The van der Waals surface area contributed by atoms with Gasteiger partial charge in [0.2, 0.25) is 0 Å². The smallest absolute Gasteiger partial charge is 0.197 e. The molecule has 0 saturated heterocycles. The summed E-state index contributed by atoms with van der Waals surface area (Å²) in [4.78, 5) is 7.87. The van der Waals surface area contributed by atoms with E-state index in [1.165, 1.54) is 69.9 Å². The molecule has 9 nitrogen and oxygen atoms in total. The first-order chi connectivity index (χ1) is 17.7. The highest BCUT2D eigenvalue weighted by molar-refractivity contribution is 5.28. The molecular formula is C27H41N9. The van der Waals surface area contributed by atoms with Crippen LogP contribution in [-0.4, -0.2) is 40.0 Å². The molecule has 0 spiro atoms. The standard InChI is InChI=1S/C27H41N9/c28-27-29-25-13-21(15-35-17-23(31-33-35)11-19-7-3-1-4-8-19)22(14-26(25)30-27)16-36-18-24(32-34-36)12-20-9-5-2-6-10-20/h17-22H,1-16H2,(H3,28,29,30)/t21-,22-/m0/s1. The maximum Gasteiger partial charge on any atom is 0.197 e. The molecule has 0 radical (unpaired) electrons. The molecule has 2 atom stereocenters. The molecule has 9 heteroatoms. The van der Waals surface area contributed by atoms with E-state index in [1.807, 2.05) is 0 Å². The van der Waals surface area contributed by atoms with Gasteiger partial charge in [-0.05, 0) is 49.4 Å². The van der Waals surface area contributed by atoms with Gasteiger partial charge in [0.15, 0.2) is 5.95 Å². The second-order valence-electron chi connectivity index (χ2n) is 11.8. The molecule has 0 aliphatic heterocycles. The fourth-order valence-electron chi connectivity index (χ4n) is 6.97. The Labute approximate surface area is 213 Å². The minimum absolute atomic E-state index is 0.399. The van der Waals surface area contributed by atoms with Crippen LogP contribution in [0.2, 0.25) is 0 Å². The summed E-state index contributed by atoms with van der Waals surface area (Å²) >= 11 is 0. The monoisotopic (exact) mass is 491 g/mol. The van der Waals surface area contributed by atoms with Crippen LogP contribution in [-0.2, 0) is 38.8 Å². The SMILES string of the molecule is Nc1nc2c([nH]1)C[C@@H](Cn1cc(CC3CCCCC3)nn1)[C@H](Cn1cc(CC3CCCCC3)nn1)C2. The van der Waals surface area contributed by atoms with E-state index in [9.17, 15) is 0 Å². The van der Waals surface area contributed by atoms with E-state index in [0.717, 1.165) is 67.7 Å². The van der Waals surface area contributed by atoms with Crippen molar-refractivity contribution in [2.75, 3.05) is 5.73 Å². The number of anilines is 1. The van der Waals surface area contributed by atoms with Gasteiger partial charge in [-0.1, -0.05) is 74.6 Å². The average molecular weight is 492 g/mol. The minimum Gasteiger partial charge on any atom is -0.369 e. The Hall–Kier alpha value is -2.71. The Morgan fingerprint density at radius 1 is 0.750 bits per heavy atom. The molecule has 0 bridgehead atoms. The zero-order valence-electron chi connectivity index (χ0n) is 21.5. The molecular weight excluding hydrogens is 450 g/mol. The third-order valence-electron chi connectivity index (χ3n) is 8.93. The second-order valence-corrected chi connectivity index (χ2v) is 11.8. The van der Waals surface area contributed by atoms with Crippen molar-refractivity contribution in [2.24, 2.45) is 23.7 Å². The summed E-state index contributed by atoms with van der Waals surface area (Å²) in [5, 5.41) is 18.1. The summed E-state index contributed by atoms with van der Waals surface area (Å²) in [6, 6.07) is 0. The van der Waals surface area contributed by atoms with Crippen molar-refractivity contribution < 1.29 is 0 Å². The average Bonchev–Trinajstić information content (AvgIpc) is 3.60. The third-order valence-corrected chi connectivity index (χ3v) is 8.93. The highest BCUT2D eigenvalue weighted by Gasteiger charge is 2.32. The number of nitrogens with one attached hydrogen (secondary N) is 1. The number of rotatable bonds is 8. The first kappa shape index (κ1) is 23.7. The van der Waals surface area contributed by atoms with Crippen molar-refractivity contribution in [1.29, 1.82) is 0 Å². The first-order valence-electron chi connectivity index (χ1n) is 14.3. The summed E-state index contributed by atoms with van der Waals surface area (Å²) in [7, 11) is 0. The van der Waals surface area contributed by atoms with Crippen LogP contribution >= 0.6 is 0 Å². The summed E-state index contributed by atoms with van der Waals surface area (Å²) in [6.07, 6.45) is 21.9. The number of nitrogens with two attached hydrogens (primary N) is 1. The number of aromatic nitrogens is 8. The molecule has 194 valence electrons. The molecule has 3 aromatic rings. The van der Waals surface area contributed by atoms with Crippen molar-refractivity contribution in [3.05, 3.63) is 35.2 Å². The van der Waals surface area contributed by atoms with Gasteiger partial charge in [0, 0.05) is 31.2 Å². The van der Waals surface area contributed by atoms with E-state index >= 15 is 0 Å². The van der Waals surface area contributed by atoms with Crippen molar-refractivity contribution >= 4 is 5.95 Å². The normalized spacial score (nSPS) is 23.7. The van der Waals surface area contributed by atoms with Crippen LogP contribution < -0.4 is 5.73 Å². The van der Waals surface area contributed by atoms with Gasteiger partial charge in [0.1, 0.15) is 0 Å². The fourth-order valence-corrected chi connectivity index (χ4v) is 6.97. The van der Waals surface area contributed by atoms with Crippen LogP contribution in [0.15, 0.2) is 12.4 Å². The van der Waals surface area contributed by atoms with Crippen LogP contribution in [0.4, 0.5) is 5.95 Å². The quantitative estimate of drug-likeness (QED) is 0.489. The zero-order valence-corrected chi connectivity index (χ0v) is 21.5. The number of nitrogen functional groups attached to an aromatic ring is 1. The highest BCUT2D eigenvalue weighted by atomic mass is 15.4. The molecule has 3 N–H and O–H groups in total. The maximum absolute atomic E-state index is 6.02. The van der Waals surface area contributed by atoms with Crippen LogP contribution in [0.5, 0.6) is 0 Å². The molecule has 6 rings (SSSR count). The molecule has 3 heterocycles. The van der Waals surface area contributed by atoms with Crippen molar-refractivity contribution in [3.8, 4) is 0 Å². The second kappa shape index (κ2) is 10.7. The Morgan fingerprint density at radius 2 is 1.28 bits per heavy atom. The van der Waals surface area contributed by atoms with Crippen LogP contribution in [0, 0.1) is 23.7 Å². The van der Waals surface area contributed by atoms with Crippen molar-refractivity contribution in [1.82, 2.24) is 40.0 Å². The number of nitrogens with zero attached hydrogens (tertiary/aromatic N) is 7. The van der Waals surface area contributed by atoms with Gasteiger partial charge in [-0.2, -0.15) is 0 Å². The third kappa shape index (κ3) is 5.65. The summed E-state index contributed by atoms with van der Waals surface area (Å²) in [5.41, 5.74) is 10.6. The van der Waals surface area contributed by atoms with Crippen LogP contribution in [0.25, 0.3) is 0 Å². The van der Waals surface area contributed by atoms with E-state index < -0.39 is 0 Å². The molecule has 2 fully saturated rings. The van der Waals surface area contributed by atoms with E-state index in [-0.39, 0.29) is 0 Å². The number of H-pyrrole nitrogens is 1. The molecule has 2 saturated carbocycles. The lowest BCUT2D eigenvalue weighted by molar-refractivity contribution is 0.224. The lowest BCUT2D eigenvalue weighted by atomic mass is 9.79. The highest BCUT2D eigenvalue weighted by Crippen LogP contribution is 2.32. The predicted octanol–water partition coefficient (Wildman–Crippen LogP) is 4.15. The molecule has 0 aromatic carbocycles. The number of imidazole rings is 1. The van der Waals surface area contributed by atoms with Gasteiger partial charge in [-0.15, -0.1) is 10.2 Å². The van der Waals surface area contributed by atoms with Crippen LogP contribution in [0.1, 0.15) is 87.0 Å². The van der Waals surface area contributed by atoms with Gasteiger partial charge in [0.05, 0.1) is 17.1 Å². The number of aromatic amines is 1. The van der Waals surface area contributed by atoms with Gasteiger partial charge >= 0.3 is 0 Å². The van der Waals surface area contributed by atoms with Crippen LogP contribution in [0.3, 0.4) is 0 Å². The zero-order chi connectivity index (χ0) is 24.3. The lowest BCUT2D eigenvalue weighted by Gasteiger charge is -2.30. The largest absolute Gasteiger partial charge is 0.369 e. The van der Waals surface area contributed by atoms with Gasteiger partial charge < -0.3 is 10.7 Å². The molecule has 3 aliphatic rings. The molecule has 3 aromatic heterocycles. The van der Waals surface area contributed by atoms with Gasteiger partial charge in [0.25, 0.3) is 0 Å². The van der Waals surface area contributed by atoms with E-state index in [2.05, 4.69) is 52.3 Å². The Morgan fingerprint density at radius 3 is 1.83 bits per heavy atom. The summed E-state index contributed by atoms with van der Waals surface area (Å²) < 4.78 is 4.13.